The summed E-state index contributed by atoms with van der Waals surface area (Å²) in [7, 11) is 3.23. The van der Waals surface area contributed by atoms with Crippen LogP contribution in [-0.4, -0.2) is 69.6 Å². The second-order valence-corrected chi connectivity index (χ2v) is 12.0. The lowest BCUT2D eigenvalue weighted by molar-refractivity contribution is -0.130. The maximum absolute atomic E-state index is 13.6. The number of fused-ring (bicyclic) bond motifs is 1. The Morgan fingerprint density at radius 2 is 1.81 bits per heavy atom. The zero-order valence-corrected chi connectivity index (χ0v) is 25.4. The average molecular weight is 606 g/mol. The number of carbonyl (C=O) groups excluding carboxylic acids is 4. The number of hydrogen-bond donors (Lipinski definition) is 4. The summed E-state index contributed by atoms with van der Waals surface area (Å²) in [4.78, 5) is 54.7. The third kappa shape index (κ3) is 6.08. The van der Waals surface area contributed by atoms with Gasteiger partial charge in [0.05, 0.1) is 6.04 Å². The molecule has 0 spiro atoms. The molecule has 2 heterocycles. The minimum Gasteiger partial charge on any atom is -0.357 e. The van der Waals surface area contributed by atoms with Gasteiger partial charge >= 0.3 is 6.03 Å². The second-order valence-electron chi connectivity index (χ2n) is 11.5. The fourth-order valence-electron chi connectivity index (χ4n) is 5.87. The number of carbonyl (C=O) groups is 4. The Morgan fingerprint density at radius 1 is 1.09 bits per heavy atom. The third-order valence-corrected chi connectivity index (χ3v) is 8.62. The molecule has 5 amide bonds. The highest BCUT2D eigenvalue weighted by Crippen LogP contribution is 2.38. The number of aryl methyl sites for hydroxylation is 1. The number of aromatic nitrogens is 2. The first-order valence-electron chi connectivity index (χ1n) is 14.3. The van der Waals surface area contributed by atoms with Crippen molar-refractivity contribution in [3.05, 3.63) is 82.1 Å². The molecule has 0 radical (unpaired) electrons. The Kier molecular flexibility index (Phi) is 8.45. The number of nitrogens with one attached hydrogen (secondary N) is 4. The van der Waals surface area contributed by atoms with Crippen molar-refractivity contribution in [3.8, 4) is 0 Å². The molecule has 43 heavy (non-hydrogen) atoms. The van der Waals surface area contributed by atoms with E-state index in [9.17, 15) is 19.2 Å². The molecule has 4 N–H and O–H groups in total. The number of rotatable bonds is 9. The molecule has 226 valence electrons. The highest BCUT2D eigenvalue weighted by Gasteiger charge is 2.53. The fourth-order valence-corrected chi connectivity index (χ4v) is 6.00. The maximum Gasteiger partial charge on any atom is 0.318 e. The molecular formula is C31H36ClN7O4. The minimum absolute atomic E-state index is 0.0493. The smallest absolute Gasteiger partial charge is 0.318 e. The van der Waals surface area contributed by atoms with E-state index in [1.807, 2.05) is 38.1 Å². The van der Waals surface area contributed by atoms with Crippen LogP contribution in [-0.2, 0) is 35.9 Å². The predicted octanol–water partition coefficient (Wildman–Crippen LogP) is 2.69. The molecule has 2 aliphatic rings. The van der Waals surface area contributed by atoms with Crippen LogP contribution < -0.4 is 21.3 Å². The van der Waals surface area contributed by atoms with Gasteiger partial charge in [0.2, 0.25) is 11.8 Å². The molecule has 1 aliphatic carbocycles. The first-order chi connectivity index (χ1) is 20.5. The largest absolute Gasteiger partial charge is 0.357 e. The molecule has 5 rings (SSSR count). The van der Waals surface area contributed by atoms with E-state index in [1.165, 1.54) is 10.9 Å². The first kappa shape index (κ1) is 30.1. The highest BCUT2D eigenvalue weighted by atomic mass is 35.5. The van der Waals surface area contributed by atoms with E-state index in [2.05, 4.69) is 26.4 Å². The lowest BCUT2D eigenvalue weighted by atomic mass is 9.91. The molecule has 1 fully saturated rings. The van der Waals surface area contributed by atoms with Gasteiger partial charge in [-0.25, -0.2) is 4.79 Å². The van der Waals surface area contributed by atoms with Crippen LogP contribution in [0.1, 0.15) is 41.0 Å². The predicted molar refractivity (Wildman–Crippen MR) is 163 cm³/mol. The van der Waals surface area contributed by atoms with Gasteiger partial charge in [0, 0.05) is 56.8 Å². The average Bonchev–Trinajstić information content (AvgIpc) is 3.70. The molecular weight excluding hydrogens is 570 g/mol. The molecule has 12 heteroatoms. The molecule has 0 saturated carbocycles. The van der Waals surface area contributed by atoms with E-state index in [-0.39, 0.29) is 30.3 Å². The van der Waals surface area contributed by atoms with Crippen molar-refractivity contribution in [2.45, 2.75) is 50.7 Å². The van der Waals surface area contributed by atoms with Crippen molar-refractivity contribution in [2.75, 3.05) is 18.9 Å². The zero-order chi connectivity index (χ0) is 30.9. The Balaban J connectivity index is 1.37. The number of hydrogen-bond acceptors (Lipinski definition) is 5. The Morgan fingerprint density at radius 3 is 2.44 bits per heavy atom. The molecule has 3 atom stereocenters. The van der Waals surface area contributed by atoms with Crippen LogP contribution in [0, 0.1) is 5.92 Å². The molecule has 1 aliphatic heterocycles. The number of amides is 5. The van der Waals surface area contributed by atoms with Gasteiger partial charge in [-0.1, -0.05) is 43.6 Å². The summed E-state index contributed by atoms with van der Waals surface area (Å²) >= 11 is 6.04. The van der Waals surface area contributed by atoms with Crippen LogP contribution in [0.25, 0.3) is 0 Å². The van der Waals surface area contributed by atoms with Gasteiger partial charge in [-0.05, 0) is 52.9 Å². The molecule has 0 bridgehead atoms. The minimum atomic E-state index is -1.07. The van der Waals surface area contributed by atoms with Gasteiger partial charge in [0.25, 0.3) is 5.91 Å². The van der Waals surface area contributed by atoms with Crippen LogP contribution in [0.3, 0.4) is 0 Å². The van der Waals surface area contributed by atoms with Crippen LogP contribution >= 0.6 is 11.6 Å². The molecule has 1 unspecified atom stereocenters. The standard InChI is InChI=1S/C31H36ClN7O4/c1-18(2)25-17-39(30(43)37-25)31(29(42)33-3)15-20-7-10-23(14-21(20)16-31)35-27(40)24(13-19-5-8-22(32)9-6-19)36-28(41)26-11-12-34-38(26)4/h5-12,14,18,24-25H,13,15-17H2,1-4H3,(H,33,42)(H,35,40)(H,36,41)(H,37,43)/t24-,25-,31?/m0/s1. The summed E-state index contributed by atoms with van der Waals surface area (Å²) in [5, 5.41) is 16.2. The van der Waals surface area contributed by atoms with Gasteiger partial charge in [0.15, 0.2) is 0 Å². The third-order valence-electron chi connectivity index (χ3n) is 8.37. The Hall–Kier alpha value is -4.38. The molecule has 1 saturated heterocycles. The number of urea groups is 1. The van der Waals surface area contributed by atoms with E-state index in [4.69, 9.17) is 11.6 Å². The van der Waals surface area contributed by atoms with E-state index in [1.54, 1.807) is 43.3 Å². The van der Waals surface area contributed by atoms with Crippen LogP contribution in [0.2, 0.25) is 5.02 Å². The SMILES string of the molecule is CNC(=O)C1(N2C[C@@H](C(C)C)NC2=O)Cc2ccc(NC(=O)[C@H](Cc3ccc(Cl)cc3)NC(=O)c3ccnn3C)cc2C1. The van der Waals surface area contributed by atoms with E-state index < -0.39 is 23.4 Å². The van der Waals surface area contributed by atoms with Crippen LogP contribution in [0.15, 0.2) is 54.7 Å². The van der Waals surface area contributed by atoms with E-state index in [0.29, 0.717) is 35.8 Å². The van der Waals surface area contributed by atoms with Crippen molar-refractivity contribution in [1.29, 1.82) is 0 Å². The van der Waals surface area contributed by atoms with Crippen molar-refractivity contribution in [2.24, 2.45) is 13.0 Å². The number of benzene rings is 2. The van der Waals surface area contributed by atoms with Gasteiger partial charge < -0.3 is 26.2 Å². The number of nitrogens with zero attached hydrogens (tertiary/aromatic N) is 3. The zero-order valence-electron chi connectivity index (χ0n) is 24.6. The topological polar surface area (TPSA) is 137 Å². The van der Waals surface area contributed by atoms with Crippen molar-refractivity contribution in [3.63, 3.8) is 0 Å². The fraction of sp³-hybridized carbons (Fsp3) is 0.387. The lowest BCUT2D eigenvalue weighted by Crippen LogP contribution is -2.60. The van der Waals surface area contributed by atoms with E-state index in [0.717, 1.165) is 16.7 Å². The van der Waals surface area contributed by atoms with Gasteiger partial charge in [0.1, 0.15) is 17.3 Å². The van der Waals surface area contributed by atoms with Crippen molar-refractivity contribution >= 4 is 41.0 Å². The second kappa shape index (κ2) is 12.1. The summed E-state index contributed by atoms with van der Waals surface area (Å²) in [6.07, 6.45) is 2.43. The monoisotopic (exact) mass is 605 g/mol. The highest BCUT2D eigenvalue weighted by molar-refractivity contribution is 6.30. The molecule has 3 aromatic rings. The first-order valence-corrected chi connectivity index (χ1v) is 14.6. The van der Waals surface area contributed by atoms with Crippen LogP contribution in [0.5, 0.6) is 0 Å². The lowest BCUT2D eigenvalue weighted by Gasteiger charge is -2.36. The summed E-state index contributed by atoms with van der Waals surface area (Å²) in [6, 6.07) is 13.0. The van der Waals surface area contributed by atoms with E-state index >= 15 is 0 Å². The van der Waals surface area contributed by atoms with Crippen molar-refractivity contribution in [1.82, 2.24) is 30.6 Å². The Bertz CT molecular complexity index is 1550. The number of likely N-dealkylation sites (N-methyl/N-ethyl adjacent to an activating group) is 1. The quantitative estimate of drug-likeness (QED) is 0.297. The number of halogens is 1. The normalized spacial score (nSPS) is 20.0. The summed E-state index contributed by atoms with van der Waals surface area (Å²) in [5.74, 6) is -0.836. The maximum atomic E-state index is 13.6. The Labute approximate surface area is 255 Å². The number of anilines is 1. The van der Waals surface area contributed by atoms with Gasteiger partial charge in [-0.3, -0.25) is 19.1 Å². The molecule has 11 nitrogen and oxygen atoms in total. The molecule has 1 aromatic heterocycles. The van der Waals surface area contributed by atoms with Crippen LogP contribution in [0.4, 0.5) is 10.5 Å². The van der Waals surface area contributed by atoms with Gasteiger partial charge in [-0.15, -0.1) is 0 Å². The summed E-state index contributed by atoms with van der Waals surface area (Å²) < 4.78 is 1.44. The van der Waals surface area contributed by atoms with Crippen molar-refractivity contribution < 1.29 is 19.2 Å². The molecule has 2 aromatic carbocycles. The summed E-state index contributed by atoms with van der Waals surface area (Å²) in [6.45, 7) is 4.52. The summed E-state index contributed by atoms with van der Waals surface area (Å²) in [5.41, 5.74) is 2.41. The van der Waals surface area contributed by atoms with Gasteiger partial charge in [-0.2, -0.15) is 5.10 Å².